The van der Waals surface area contributed by atoms with E-state index in [1.54, 1.807) is 12.2 Å². The Hall–Kier alpha value is -0.160. The third-order valence-electron chi connectivity index (χ3n) is 1.12. The third kappa shape index (κ3) is 5.97. The molecule has 0 aromatic heterocycles. The predicted octanol–water partition coefficient (Wildman–Crippen LogP) is -0.545. The summed E-state index contributed by atoms with van der Waals surface area (Å²) in [5, 5.41) is 1.70. The summed E-state index contributed by atoms with van der Waals surface area (Å²) in [6, 6.07) is 0. The van der Waals surface area contributed by atoms with Crippen LogP contribution in [0.25, 0.3) is 0 Å². The Morgan fingerprint density at radius 2 is 2.10 bits per heavy atom. The van der Waals surface area contributed by atoms with Gasteiger partial charge in [-0.3, -0.25) is 0 Å². The molecule has 0 aromatic rings. The molecular weight excluding hydrogens is 132 g/mol. The van der Waals surface area contributed by atoms with Crippen molar-refractivity contribution < 1.29 is 9.57 Å². The van der Waals surface area contributed by atoms with Crippen LogP contribution in [0.15, 0.2) is 0 Å². The second kappa shape index (κ2) is 6.95. The summed E-state index contributed by atoms with van der Waals surface area (Å²) in [5.74, 6) is 0. The SMILES string of the molecule is CON(C)CCOCCN. The highest BCUT2D eigenvalue weighted by Crippen LogP contribution is 1.81. The van der Waals surface area contributed by atoms with Gasteiger partial charge in [0.1, 0.15) is 0 Å². The molecule has 0 aliphatic rings. The molecule has 0 atom stereocenters. The molecule has 2 N–H and O–H groups in total. The summed E-state index contributed by atoms with van der Waals surface area (Å²) in [6.45, 7) is 2.65. The topological polar surface area (TPSA) is 47.7 Å². The van der Waals surface area contributed by atoms with Crippen LogP contribution >= 0.6 is 0 Å². The highest BCUT2D eigenvalue weighted by Gasteiger charge is 1.92. The molecule has 0 heterocycles. The van der Waals surface area contributed by atoms with Crippen molar-refractivity contribution in [3.8, 4) is 0 Å². The van der Waals surface area contributed by atoms with Crippen LogP contribution in [0.3, 0.4) is 0 Å². The number of hydrogen-bond acceptors (Lipinski definition) is 4. The molecule has 0 amide bonds. The van der Waals surface area contributed by atoms with Gasteiger partial charge in [0, 0.05) is 20.1 Å². The van der Waals surface area contributed by atoms with Gasteiger partial charge in [0.2, 0.25) is 0 Å². The van der Waals surface area contributed by atoms with Gasteiger partial charge in [-0.25, -0.2) is 0 Å². The number of likely N-dealkylation sites (N-methyl/N-ethyl adjacent to an activating group) is 1. The Labute approximate surface area is 61.8 Å². The zero-order chi connectivity index (χ0) is 7.82. The van der Waals surface area contributed by atoms with Crippen LogP contribution in [0.2, 0.25) is 0 Å². The van der Waals surface area contributed by atoms with Gasteiger partial charge in [0.05, 0.1) is 20.3 Å². The van der Waals surface area contributed by atoms with E-state index in [-0.39, 0.29) is 0 Å². The lowest BCUT2D eigenvalue weighted by atomic mass is 10.6. The average molecular weight is 148 g/mol. The summed E-state index contributed by atoms with van der Waals surface area (Å²) >= 11 is 0. The van der Waals surface area contributed by atoms with Crippen LogP contribution in [0.1, 0.15) is 0 Å². The first-order chi connectivity index (χ1) is 4.81. The van der Waals surface area contributed by atoms with E-state index in [0.29, 0.717) is 19.8 Å². The fraction of sp³-hybridized carbons (Fsp3) is 1.00. The van der Waals surface area contributed by atoms with Crippen LogP contribution < -0.4 is 5.73 Å². The highest BCUT2D eigenvalue weighted by molar-refractivity contribution is 4.36. The molecule has 0 aliphatic heterocycles. The van der Waals surface area contributed by atoms with Crippen LogP contribution in [0.4, 0.5) is 0 Å². The highest BCUT2D eigenvalue weighted by atomic mass is 16.7. The van der Waals surface area contributed by atoms with Gasteiger partial charge in [-0.15, -0.1) is 0 Å². The zero-order valence-electron chi connectivity index (χ0n) is 6.67. The monoisotopic (exact) mass is 148 g/mol. The van der Waals surface area contributed by atoms with Crippen molar-refractivity contribution in [2.45, 2.75) is 0 Å². The normalized spacial score (nSPS) is 10.8. The van der Waals surface area contributed by atoms with Crippen molar-refractivity contribution in [2.24, 2.45) is 5.73 Å². The van der Waals surface area contributed by atoms with E-state index < -0.39 is 0 Å². The van der Waals surface area contributed by atoms with Gasteiger partial charge in [-0.05, 0) is 0 Å². The van der Waals surface area contributed by atoms with E-state index >= 15 is 0 Å². The number of nitrogens with zero attached hydrogens (tertiary/aromatic N) is 1. The van der Waals surface area contributed by atoms with E-state index in [1.807, 2.05) is 7.05 Å². The minimum absolute atomic E-state index is 0.580. The van der Waals surface area contributed by atoms with Crippen LogP contribution in [0, 0.1) is 0 Å². The number of hydrogen-bond donors (Lipinski definition) is 1. The maximum atomic E-state index is 5.21. The molecule has 4 nitrogen and oxygen atoms in total. The molecule has 0 fully saturated rings. The molecule has 0 saturated heterocycles. The molecule has 10 heavy (non-hydrogen) atoms. The Balaban J connectivity index is 2.89. The lowest BCUT2D eigenvalue weighted by Crippen LogP contribution is -2.23. The largest absolute Gasteiger partial charge is 0.379 e. The summed E-state index contributed by atoms with van der Waals surface area (Å²) in [7, 11) is 3.48. The van der Waals surface area contributed by atoms with E-state index in [4.69, 9.17) is 15.3 Å². The van der Waals surface area contributed by atoms with Gasteiger partial charge in [-0.2, -0.15) is 5.06 Å². The molecule has 0 rings (SSSR count). The predicted molar refractivity (Wildman–Crippen MR) is 39.5 cm³/mol. The van der Waals surface area contributed by atoms with Gasteiger partial charge in [0.15, 0.2) is 0 Å². The maximum Gasteiger partial charge on any atom is 0.0617 e. The number of nitrogens with two attached hydrogens (primary N) is 1. The molecule has 0 bridgehead atoms. The zero-order valence-corrected chi connectivity index (χ0v) is 6.67. The Kier molecular flexibility index (Phi) is 6.84. The van der Waals surface area contributed by atoms with E-state index in [2.05, 4.69) is 0 Å². The molecule has 0 spiro atoms. The second-order valence-electron chi connectivity index (χ2n) is 1.94. The minimum Gasteiger partial charge on any atom is -0.379 e. The number of hydroxylamine groups is 2. The maximum absolute atomic E-state index is 5.21. The molecular formula is C6H16N2O2. The second-order valence-corrected chi connectivity index (χ2v) is 1.94. The van der Waals surface area contributed by atoms with Crippen molar-refractivity contribution in [1.82, 2.24) is 5.06 Å². The third-order valence-corrected chi connectivity index (χ3v) is 1.12. The van der Waals surface area contributed by atoms with Gasteiger partial charge in [-0.1, -0.05) is 0 Å². The van der Waals surface area contributed by atoms with Crippen LogP contribution in [-0.2, 0) is 9.57 Å². The van der Waals surface area contributed by atoms with Gasteiger partial charge in [0.25, 0.3) is 0 Å². The van der Waals surface area contributed by atoms with Crippen LogP contribution in [0.5, 0.6) is 0 Å². The van der Waals surface area contributed by atoms with Crippen molar-refractivity contribution in [2.75, 3.05) is 40.5 Å². The van der Waals surface area contributed by atoms with Crippen LogP contribution in [-0.4, -0.2) is 45.5 Å². The van der Waals surface area contributed by atoms with E-state index in [9.17, 15) is 0 Å². The molecule has 0 radical (unpaired) electrons. The van der Waals surface area contributed by atoms with Gasteiger partial charge < -0.3 is 15.3 Å². The van der Waals surface area contributed by atoms with Gasteiger partial charge >= 0.3 is 0 Å². The van der Waals surface area contributed by atoms with Crippen molar-refractivity contribution in [3.63, 3.8) is 0 Å². The standard InChI is InChI=1S/C6H16N2O2/c1-8(9-2)4-6-10-5-3-7/h3-7H2,1-2H3. The molecule has 0 unspecified atom stereocenters. The Morgan fingerprint density at radius 1 is 1.40 bits per heavy atom. The molecule has 0 aromatic carbocycles. The lowest BCUT2D eigenvalue weighted by molar-refractivity contribution is -0.119. The minimum atomic E-state index is 0.580. The summed E-state index contributed by atoms with van der Waals surface area (Å²) < 4.78 is 5.11. The summed E-state index contributed by atoms with van der Waals surface area (Å²) in [6.07, 6.45) is 0. The molecule has 62 valence electrons. The molecule has 4 heteroatoms. The smallest absolute Gasteiger partial charge is 0.0617 e. The summed E-state index contributed by atoms with van der Waals surface area (Å²) in [4.78, 5) is 4.85. The van der Waals surface area contributed by atoms with E-state index in [1.165, 1.54) is 0 Å². The Morgan fingerprint density at radius 3 is 2.60 bits per heavy atom. The van der Waals surface area contributed by atoms with Crippen molar-refractivity contribution in [1.29, 1.82) is 0 Å². The first-order valence-electron chi connectivity index (χ1n) is 3.34. The molecule has 0 aliphatic carbocycles. The fourth-order valence-electron chi connectivity index (χ4n) is 0.470. The quantitative estimate of drug-likeness (QED) is 0.406. The number of rotatable bonds is 6. The van der Waals surface area contributed by atoms with Crippen molar-refractivity contribution in [3.05, 3.63) is 0 Å². The average Bonchev–Trinajstić information content (AvgIpc) is 1.98. The molecule has 0 saturated carbocycles. The number of ether oxygens (including phenoxy) is 1. The first kappa shape index (κ1) is 9.84. The fourth-order valence-corrected chi connectivity index (χ4v) is 0.470. The van der Waals surface area contributed by atoms with E-state index in [0.717, 1.165) is 6.54 Å². The lowest BCUT2D eigenvalue weighted by Gasteiger charge is -2.12. The Bertz CT molecular complexity index is 70.8. The van der Waals surface area contributed by atoms with Crippen molar-refractivity contribution >= 4 is 0 Å². The summed E-state index contributed by atoms with van der Waals surface area (Å²) in [5.41, 5.74) is 5.21. The first-order valence-corrected chi connectivity index (χ1v) is 3.34.